The molecule has 0 radical (unpaired) electrons. The fourth-order valence-electron chi connectivity index (χ4n) is 2.69. The number of furan rings is 1. The van der Waals surface area contributed by atoms with E-state index in [1.807, 2.05) is 0 Å². The first-order valence-corrected chi connectivity index (χ1v) is 9.15. The molecule has 1 fully saturated rings. The van der Waals surface area contributed by atoms with E-state index >= 15 is 0 Å². The van der Waals surface area contributed by atoms with E-state index in [2.05, 4.69) is 4.72 Å². The van der Waals surface area contributed by atoms with Crippen LogP contribution in [-0.4, -0.2) is 38.4 Å². The highest BCUT2D eigenvalue weighted by atomic mass is 32.2. The zero-order valence-electron chi connectivity index (χ0n) is 13.1. The lowest BCUT2D eigenvalue weighted by Gasteiger charge is -2.31. The molecule has 2 heterocycles. The second-order valence-electron chi connectivity index (χ2n) is 5.74. The van der Waals surface area contributed by atoms with E-state index in [0.717, 1.165) is 12.1 Å². The Kier molecular flexibility index (Phi) is 4.87. The fraction of sp³-hybridized carbons (Fsp3) is 0.312. The van der Waals surface area contributed by atoms with Gasteiger partial charge in [-0.05, 0) is 43.2 Å². The van der Waals surface area contributed by atoms with Gasteiger partial charge in [-0.3, -0.25) is 4.79 Å². The van der Waals surface area contributed by atoms with Gasteiger partial charge in [-0.1, -0.05) is 0 Å². The van der Waals surface area contributed by atoms with Crippen molar-refractivity contribution in [2.45, 2.75) is 23.8 Å². The Morgan fingerprint density at radius 3 is 2.48 bits per heavy atom. The molecule has 0 aliphatic carbocycles. The minimum absolute atomic E-state index is 0.237. The fourth-order valence-corrected chi connectivity index (χ4v) is 4.00. The van der Waals surface area contributed by atoms with Crippen LogP contribution in [0.25, 0.3) is 0 Å². The third-order valence-electron chi connectivity index (χ3n) is 4.04. The number of halogens is 2. The largest absolute Gasteiger partial charge is 0.459 e. The lowest BCUT2D eigenvalue weighted by Crippen LogP contribution is -2.46. The molecule has 3 rings (SSSR count). The van der Waals surface area contributed by atoms with Gasteiger partial charge in [0.2, 0.25) is 10.0 Å². The molecule has 0 atom stereocenters. The van der Waals surface area contributed by atoms with Crippen LogP contribution >= 0.6 is 0 Å². The summed E-state index contributed by atoms with van der Waals surface area (Å²) in [6.45, 7) is 0.731. The molecule has 0 unspecified atom stereocenters. The molecule has 1 N–H and O–H groups in total. The smallest absolute Gasteiger partial charge is 0.289 e. The van der Waals surface area contributed by atoms with Gasteiger partial charge in [0.05, 0.1) is 11.2 Å². The maximum Gasteiger partial charge on any atom is 0.289 e. The van der Waals surface area contributed by atoms with Crippen LogP contribution < -0.4 is 4.72 Å². The van der Waals surface area contributed by atoms with Gasteiger partial charge in [-0.2, -0.15) is 0 Å². The number of carbonyl (C=O) groups excluding carboxylic acids is 1. The average molecular weight is 370 g/mol. The number of amides is 1. The van der Waals surface area contributed by atoms with E-state index in [0.29, 0.717) is 32.0 Å². The standard InChI is InChI=1S/C16H16F2N2O4S/c17-13-4-3-12(10-14(13)18)25(22,23)19-11-5-7-20(8-6-11)16(21)15-2-1-9-24-15/h1-4,9-11,19H,5-8H2. The van der Waals surface area contributed by atoms with Gasteiger partial charge in [0.1, 0.15) is 0 Å². The van der Waals surface area contributed by atoms with Crippen molar-refractivity contribution in [2.24, 2.45) is 0 Å². The summed E-state index contributed by atoms with van der Waals surface area (Å²) in [6, 6.07) is 5.23. The highest BCUT2D eigenvalue weighted by Crippen LogP contribution is 2.18. The Labute approximate surface area is 143 Å². The maximum atomic E-state index is 13.2. The number of rotatable bonds is 4. The predicted octanol–water partition coefficient (Wildman–Crippen LogP) is 2.14. The highest BCUT2D eigenvalue weighted by molar-refractivity contribution is 7.89. The molecule has 1 amide bonds. The van der Waals surface area contributed by atoms with Gasteiger partial charge in [-0.25, -0.2) is 21.9 Å². The van der Waals surface area contributed by atoms with Crippen LogP contribution in [0, 0.1) is 11.6 Å². The number of benzene rings is 1. The van der Waals surface area contributed by atoms with Gasteiger partial charge < -0.3 is 9.32 Å². The summed E-state index contributed by atoms with van der Waals surface area (Å²) in [5.74, 6) is -2.34. The Morgan fingerprint density at radius 1 is 1.16 bits per heavy atom. The molecular weight excluding hydrogens is 354 g/mol. The molecule has 25 heavy (non-hydrogen) atoms. The van der Waals surface area contributed by atoms with Crippen molar-refractivity contribution >= 4 is 15.9 Å². The van der Waals surface area contributed by atoms with Crippen molar-refractivity contribution in [3.63, 3.8) is 0 Å². The summed E-state index contributed by atoms with van der Waals surface area (Å²) in [6.07, 6.45) is 2.24. The number of carbonyl (C=O) groups is 1. The number of nitrogens with one attached hydrogen (secondary N) is 1. The summed E-state index contributed by atoms with van der Waals surface area (Å²) < 4.78 is 58.3. The molecule has 2 aromatic rings. The van der Waals surface area contributed by atoms with E-state index in [-0.39, 0.29) is 16.6 Å². The van der Waals surface area contributed by atoms with Gasteiger partial charge >= 0.3 is 0 Å². The van der Waals surface area contributed by atoms with Crippen molar-refractivity contribution in [3.05, 3.63) is 54.0 Å². The first-order chi connectivity index (χ1) is 11.9. The first kappa shape index (κ1) is 17.6. The monoisotopic (exact) mass is 370 g/mol. The summed E-state index contributed by atoms with van der Waals surface area (Å²) in [7, 11) is -3.96. The minimum Gasteiger partial charge on any atom is -0.459 e. The van der Waals surface area contributed by atoms with E-state index in [1.165, 1.54) is 6.26 Å². The van der Waals surface area contributed by atoms with Crippen LogP contribution in [0.5, 0.6) is 0 Å². The number of sulfonamides is 1. The predicted molar refractivity (Wildman–Crippen MR) is 84.3 cm³/mol. The zero-order chi connectivity index (χ0) is 18.0. The molecule has 9 heteroatoms. The SMILES string of the molecule is O=C(c1ccco1)N1CCC(NS(=O)(=O)c2ccc(F)c(F)c2)CC1. The summed E-state index contributed by atoms with van der Waals surface area (Å²) >= 11 is 0. The third-order valence-corrected chi connectivity index (χ3v) is 5.56. The molecule has 1 aromatic carbocycles. The molecule has 1 aliphatic rings. The topological polar surface area (TPSA) is 79.6 Å². The van der Waals surface area contributed by atoms with Crippen LogP contribution in [0.2, 0.25) is 0 Å². The molecule has 0 spiro atoms. The minimum atomic E-state index is -3.96. The van der Waals surface area contributed by atoms with Crippen molar-refractivity contribution in [3.8, 4) is 0 Å². The average Bonchev–Trinajstić information content (AvgIpc) is 3.11. The van der Waals surface area contributed by atoms with E-state index in [1.54, 1.807) is 17.0 Å². The van der Waals surface area contributed by atoms with Crippen LogP contribution in [0.1, 0.15) is 23.4 Å². The molecule has 0 saturated carbocycles. The van der Waals surface area contributed by atoms with Gasteiger partial charge in [-0.15, -0.1) is 0 Å². The van der Waals surface area contributed by atoms with E-state index < -0.39 is 27.7 Å². The maximum absolute atomic E-state index is 13.2. The normalized spacial score (nSPS) is 16.2. The molecule has 1 aliphatic heterocycles. The Morgan fingerprint density at radius 2 is 1.88 bits per heavy atom. The second-order valence-corrected chi connectivity index (χ2v) is 7.45. The number of likely N-dealkylation sites (tertiary alicyclic amines) is 1. The van der Waals surface area contributed by atoms with Crippen molar-refractivity contribution in [1.29, 1.82) is 0 Å². The lowest BCUT2D eigenvalue weighted by atomic mass is 10.1. The highest BCUT2D eigenvalue weighted by Gasteiger charge is 2.28. The van der Waals surface area contributed by atoms with Gasteiger partial charge in [0, 0.05) is 19.1 Å². The van der Waals surface area contributed by atoms with E-state index in [9.17, 15) is 22.0 Å². The number of hydrogen-bond acceptors (Lipinski definition) is 4. The molecule has 1 aromatic heterocycles. The number of piperidine rings is 1. The zero-order valence-corrected chi connectivity index (χ0v) is 13.9. The lowest BCUT2D eigenvalue weighted by molar-refractivity contribution is 0.0679. The Balaban J connectivity index is 1.61. The third kappa shape index (κ3) is 3.88. The van der Waals surface area contributed by atoms with E-state index in [4.69, 9.17) is 4.42 Å². The van der Waals surface area contributed by atoms with Gasteiger partial charge in [0.15, 0.2) is 17.4 Å². The summed E-state index contributed by atoms with van der Waals surface area (Å²) in [5, 5.41) is 0. The molecule has 134 valence electrons. The molecule has 0 bridgehead atoms. The van der Waals surface area contributed by atoms with Crippen LogP contribution in [0.4, 0.5) is 8.78 Å². The second kappa shape index (κ2) is 6.93. The molecule has 6 nitrogen and oxygen atoms in total. The summed E-state index contributed by atoms with van der Waals surface area (Å²) in [5.41, 5.74) is 0. The number of hydrogen-bond donors (Lipinski definition) is 1. The first-order valence-electron chi connectivity index (χ1n) is 7.67. The van der Waals surface area contributed by atoms with Crippen molar-refractivity contribution in [1.82, 2.24) is 9.62 Å². The van der Waals surface area contributed by atoms with Crippen LogP contribution in [0.3, 0.4) is 0 Å². The number of nitrogens with zero attached hydrogens (tertiary/aromatic N) is 1. The van der Waals surface area contributed by atoms with Crippen LogP contribution in [0.15, 0.2) is 45.9 Å². The summed E-state index contributed by atoms with van der Waals surface area (Å²) in [4.78, 5) is 13.4. The molecular formula is C16H16F2N2O4S. The van der Waals surface area contributed by atoms with Crippen LogP contribution in [-0.2, 0) is 10.0 Å². The Hall–Kier alpha value is -2.26. The Bertz CT molecular complexity index is 860. The van der Waals surface area contributed by atoms with Crippen molar-refractivity contribution < 1.29 is 26.4 Å². The molecule has 1 saturated heterocycles. The quantitative estimate of drug-likeness (QED) is 0.894. The van der Waals surface area contributed by atoms with Crippen molar-refractivity contribution in [2.75, 3.05) is 13.1 Å². The van der Waals surface area contributed by atoms with Gasteiger partial charge in [0.25, 0.3) is 5.91 Å².